The summed E-state index contributed by atoms with van der Waals surface area (Å²) in [5.41, 5.74) is 3.91. The molecule has 0 saturated carbocycles. The first-order chi connectivity index (χ1) is 12.5. The Bertz CT molecular complexity index is 909. The third kappa shape index (κ3) is 3.63. The minimum Gasteiger partial charge on any atom is -0.508 e. The number of thiazole rings is 1. The van der Waals surface area contributed by atoms with Crippen molar-refractivity contribution in [2.24, 2.45) is 0 Å². The van der Waals surface area contributed by atoms with E-state index in [-0.39, 0.29) is 11.7 Å². The lowest BCUT2D eigenvalue weighted by molar-refractivity contribution is 0.0738. The normalized spacial score (nSPS) is 14.5. The largest absolute Gasteiger partial charge is 0.508 e. The standard InChI is InChI=1S/C21H22N2O2S/c1-4-6-15(7-5-2)20-22-14(3)19(26-20)21(25)23-11-10-16-12-18(24)9-8-17(16)13-23/h4-9,12,24H,1,10-11,13H2,2-3H3/b7-5-,15-6+. The lowest BCUT2D eigenvalue weighted by Gasteiger charge is -2.28. The van der Waals surface area contributed by atoms with Crippen LogP contribution < -0.4 is 0 Å². The van der Waals surface area contributed by atoms with Crippen LogP contribution in [0.25, 0.3) is 5.57 Å². The van der Waals surface area contributed by atoms with Gasteiger partial charge in [0.15, 0.2) is 0 Å². The van der Waals surface area contributed by atoms with Crippen LogP contribution in [-0.4, -0.2) is 27.4 Å². The van der Waals surface area contributed by atoms with Gasteiger partial charge in [-0.2, -0.15) is 0 Å². The van der Waals surface area contributed by atoms with Crippen molar-refractivity contribution in [2.45, 2.75) is 26.8 Å². The molecule has 2 aromatic rings. The second-order valence-corrected chi connectivity index (χ2v) is 7.22. The molecule has 0 spiro atoms. The number of hydrogen-bond donors (Lipinski definition) is 1. The van der Waals surface area contributed by atoms with E-state index in [1.807, 2.05) is 43.0 Å². The van der Waals surface area contributed by atoms with Gasteiger partial charge in [0.25, 0.3) is 5.91 Å². The topological polar surface area (TPSA) is 53.4 Å². The third-order valence-electron chi connectivity index (χ3n) is 4.37. The first-order valence-corrected chi connectivity index (χ1v) is 9.38. The number of benzene rings is 1. The lowest BCUT2D eigenvalue weighted by atomic mass is 9.99. The summed E-state index contributed by atoms with van der Waals surface area (Å²) < 4.78 is 0. The molecule has 1 aliphatic heterocycles. The minimum atomic E-state index is 0.0170. The van der Waals surface area contributed by atoms with Gasteiger partial charge in [0.05, 0.1) is 5.69 Å². The number of carbonyl (C=O) groups excluding carboxylic acids is 1. The molecule has 0 unspecified atom stereocenters. The van der Waals surface area contributed by atoms with Crippen LogP contribution in [0.3, 0.4) is 0 Å². The van der Waals surface area contributed by atoms with Crippen LogP contribution >= 0.6 is 11.3 Å². The van der Waals surface area contributed by atoms with E-state index in [1.165, 1.54) is 11.3 Å². The van der Waals surface area contributed by atoms with E-state index in [9.17, 15) is 9.90 Å². The van der Waals surface area contributed by atoms with Gasteiger partial charge in [-0.15, -0.1) is 11.3 Å². The number of phenolic OH excluding ortho intramolecular Hbond substituents is 1. The maximum Gasteiger partial charge on any atom is 0.266 e. The molecule has 1 aromatic heterocycles. The molecule has 5 heteroatoms. The Morgan fingerprint density at radius 2 is 2.19 bits per heavy atom. The Morgan fingerprint density at radius 3 is 2.92 bits per heavy atom. The summed E-state index contributed by atoms with van der Waals surface area (Å²) in [6, 6.07) is 5.36. The molecule has 0 atom stereocenters. The summed E-state index contributed by atoms with van der Waals surface area (Å²) in [4.78, 5) is 20.2. The Morgan fingerprint density at radius 1 is 1.38 bits per heavy atom. The molecule has 26 heavy (non-hydrogen) atoms. The molecule has 1 N–H and O–H groups in total. The number of phenols is 1. The van der Waals surface area contributed by atoms with Crippen LogP contribution in [0.15, 0.2) is 49.1 Å². The molecule has 134 valence electrons. The zero-order valence-corrected chi connectivity index (χ0v) is 15.8. The number of fused-ring (bicyclic) bond motifs is 1. The monoisotopic (exact) mass is 366 g/mol. The van der Waals surface area contributed by atoms with E-state index < -0.39 is 0 Å². The van der Waals surface area contributed by atoms with E-state index in [4.69, 9.17) is 0 Å². The highest BCUT2D eigenvalue weighted by Gasteiger charge is 2.25. The molecule has 4 nitrogen and oxygen atoms in total. The van der Waals surface area contributed by atoms with Gasteiger partial charge in [-0.3, -0.25) is 4.79 Å². The van der Waals surface area contributed by atoms with Crippen molar-refractivity contribution >= 4 is 22.8 Å². The van der Waals surface area contributed by atoms with Crippen LogP contribution in [-0.2, 0) is 13.0 Å². The summed E-state index contributed by atoms with van der Waals surface area (Å²) in [5.74, 6) is 0.292. The number of nitrogens with zero attached hydrogens (tertiary/aromatic N) is 2. The van der Waals surface area contributed by atoms with Gasteiger partial charge in [0, 0.05) is 18.7 Å². The lowest BCUT2D eigenvalue weighted by Crippen LogP contribution is -2.35. The van der Waals surface area contributed by atoms with Crippen molar-refractivity contribution < 1.29 is 9.90 Å². The third-order valence-corrected chi connectivity index (χ3v) is 5.57. The summed E-state index contributed by atoms with van der Waals surface area (Å²) in [6.45, 7) is 8.78. The Labute approximate surface area is 157 Å². The fourth-order valence-electron chi connectivity index (χ4n) is 3.08. The predicted molar refractivity (Wildman–Crippen MR) is 106 cm³/mol. The maximum absolute atomic E-state index is 13.0. The molecule has 2 heterocycles. The number of aromatic hydroxyl groups is 1. The van der Waals surface area contributed by atoms with Crippen molar-refractivity contribution in [2.75, 3.05) is 6.54 Å². The number of carbonyl (C=O) groups is 1. The molecule has 1 aliphatic rings. The van der Waals surface area contributed by atoms with Gasteiger partial charge in [-0.25, -0.2) is 4.98 Å². The number of hydrogen-bond acceptors (Lipinski definition) is 4. The first-order valence-electron chi connectivity index (χ1n) is 8.56. The number of allylic oxidation sites excluding steroid dienone is 5. The van der Waals surface area contributed by atoms with Gasteiger partial charge >= 0.3 is 0 Å². The van der Waals surface area contributed by atoms with E-state index in [1.54, 1.807) is 18.2 Å². The number of amides is 1. The minimum absolute atomic E-state index is 0.0170. The van der Waals surface area contributed by atoms with Gasteiger partial charge < -0.3 is 10.0 Å². The van der Waals surface area contributed by atoms with E-state index >= 15 is 0 Å². The highest BCUT2D eigenvalue weighted by atomic mass is 32.1. The van der Waals surface area contributed by atoms with Crippen LogP contribution in [0.5, 0.6) is 5.75 Å². The molecule has 0 radical (unpaired) electrons. The molecule has 1 aromatic carbocycles. The van der Waals surface area contributed by atoms with Crippen molar-refractivity contribution in [1.82, 2.24) is 9.88 Å². The number of aryl methyl sites for hydroxylation is 1. The molecular weight excluding hydrogens is 344 g/mol. The molecule has 0 aliphatic carbocycles. The molecular formula is C21H22N2O2S. The molecule has 0 fully saturated rings. The summed E-state index contributed by atoms with van der Waals surface area (Å²) in [7, 11) is 0. The van der Waals surface area contributed by atoms with Gasteiger partial charge in [0.1, 0.15) is 15.6 Å². The zero-order valence-electron chi connectivity index (χ0n) is 15.0. The first kappa shape index (κ1) is 18.1. The summed E-state index contributed by atoms with van der Waals surface area (Å²) >= 11 is 1.42. The Hall–Kier alpha value is -2.66. The maximum atomic E-state index is 13.0. The zero-order chi connectivity index (χ0) is 18.7. The molecule has 1 amide bonds. The van der Waals surface area contributed by atoms with Gasteiger partial charge in [-0.1, -0.05) is 36.9 Å². The molecule has 0 bridgehead atoms. The van der Waals surface area contributed by atoms with E-state index in [0.29, 0.717) is 18.0 Å². The van der Waals surface area contributed by atoms with Crippen LogP contribution in [0.4, 0.5) is 0 Å². The van der Waals surface area contributed by atoms with Gasteiger partial charge in [-0.05, 0) is 43.5 Å². The second kappa shape index (κ2) is 7.70. The van der Waals surface area contributed by atoms with Crippen LogP contribution in [0.1, 0.15) is 38.4 Å². The summed E-state index contributed by atoms with van der Waals surface area (Å²) in [6.07, 6.45) is 8.30. The molecule has 0 saturated heterocycles. The second-order valence-electron chi connectivity index (χ2n) is 6.22. The number of rotatable bonds is 4. The smallest absolute Gasteiger partial charge is 0.266 e. The Balaban J connectivity index is 1.86. The van der Waals surface area contributed by atoms with Crippen LogP contribution in [0.2, 0.25) is 0 Å². The van der Waals surface area contributed by atoms with Crippen molar-refractivity contribution in [3.63, 3.8) is 0 Å². The molecule has 3 rings (SSSR count). The highest BCUT2D eigenvalue weighted by Crippen LogP contribution is 2.29. The highest BCUT2D eigenvalue weighted by molar-refractivity contribution is 7.14. The average molecular weight is 366 g/mol. The average Bonchev–Trinajstić information content (AvgIpc) is 3.02. The fourth-order valence-corrected chi connectivity index (χ4v) is 4.12. The SMILES string of the molecule is C=C/C=C(\C=C/C)c1nc(C)c(C(=O)N2CCc3cc(O)ccc3C2)s1. The van der Waals surface area contributed by atoms with E-state index in [0.717, 1.165) is 33.8 Å². The number of aromatic nitrogens is 1. The summed E-state index contributed by atoms with van der Waals surface area (Å²) in [5, 5.41) is 10.4. The van der Waals surface area contributed by atoms with Gasteiger partial charge in [0.2, 0.25) is 0 Å². The van der Waals surface area contributed by atoms with Crippen molar-refractivity contribution in [3.8, 4) is 5.75 Å². The quantitative estimate of drug-likeness (QED) is 0.811. The van der Waals surface area contributed by atoms with E-state index in [2.05, 4.69) is 11.6 Å². The van der Waals surface area contributed by atoms with Crippen LogP contribution in [0, 0.1) is 6.92 Å². The predicted octanol–water partition coefficient (Wildman–Crippen LogP) is 4.50. The van der Waals surface area contributed by atoms with Crippen molar-refractivity contribution in [3.05, 3.63) is 75.8 Å². The Kier molecular flexibility index (Phi) is 5.38. The fraction of sp³-hybridized carbons (Fsp3) is 0.238. The van der Waals surface area contributed by atoms with Crippen molar-refractivity contribution in [1.29, 1.82) is 0 Å².